The van der Waals surface area contributed by atoms with Crippen LogP contribution in [0.3, 0.4) is 0 Å². The average molecular weight is 599 g/mol. The number of carbonyl (C=O) groups excluding carboxylic acids is 3. The molecule has 1 fully saturated rings. The maximum absolute atomic E-state index is 13.1. The van der Waals surface area contributed by atoms with Gasteiger partial charge in [0.25, 0.3) is 5.41 Å². The number of esters is 3. The quantitative estimate of drug-likeness (QED) is 0.190. The van der Waals surface area contributed by atoms with Crippen molar-refractivity contribution in [1.82, 2.24) is 4.98 Å². The molecule has 0 unspecified atom stereocenters. The first-order valence-electron chi connectivity index (χ1n) is 13.3. The third-order valence-corrected chi connectivity index (χ3v) is 6.17. The molecule has 1 saturated heterocycles. The molecule has 0 spiro atoms. The smallest absolute Gasteiger partial charge is 0.487 e. The second-order valence-corrected chi connectivity index (χ2v) is 9.07. The topological polar surface area (TPSA) is 123 Å². The van der Waals surface area contributed by atoms with Gasteiger partial charge in [0.05, 0.1) is 50.6 Å². The highest BCUT2D eigenvalue weighted by atomic mass is 19.4. The highest BCUT2D eigenvalue weighted by Crippen LogP contribution is 2.33. The van der Waals surface area contributed by atoms with Gasteiger partial charge < -0.3 is 33.3 Å². The molecule has 1 aliphatic rings. The molecule has 1 aromatic heterocycles. The lowest BCUT2D eigenvalue weighted by Gasteiger charge is -2.37. The molecular formula is C28H33F3N2O9. The van der Waals surface area contributed by atoms with E-state index in [4.69, 9.17) is 23.7 Å². The first kappa shape index (κ1) is 32.4. The monoisotopic (exact) mass is 598 g/mol. The molecule has 0 amide bonds. The minimum Gasteiger partial charge on any atom is -0.487 e. The van der Waals surface area contributed by atoms with Crippen molar-refractivity contribution in [2.24, 2.45) is 5.41 Å². The van der Waals surface area contributed by atoms with Crippen LogP contribution in [0, 0.1) is 5.41 Å². The van der Waals surface area contributed by atoms with Crippen LogP contribution in [-0.2, 0) is 39.9 Å². The van der Waals surface area contributed by atoms with Crippen molar-refractivity contribution >= 4 is 23.6 Å². The number of benzene rings is 1. The first-order valence-corrected chi connectivity index (χ1v) is 13.3. The Hall–Kier alpha value is -4.07. The van der Waals surface area contributed by atoms with Crippen molar-refractivity contribution in [1.29, 1.82) is 0 Å². The lowest BCUT2D eigenvalue weighted by atomic mass is 9.81. The van der Waals surface area contributed by atoms with Gasteiger partial charge in [-0.15, -0.1) is 13.2 Å². The summed E-state index contributed by atoms with van der Waals surface area (Å²) in [4.78, 5) is 45.3. The number of ether oxygens (including phenoxy) is 6. The number of halogens is 3. The zero-order valence-electron chi connectivity index (χ0n) is 23.5. The summed E-state index contributed by atoms with van der Waals surface area (Å²) in [6, 6.07) is 7.00. The van der Waals surface area contributed by atoms with Gasteiger partial charge >= 0.3 is 24.3 Å². The van der Waals surface area contributed by atoms with E-state index in [1.807, 2.05) is 4.90 Å². The number of aromatic nitrogens is 1. The van der Waals surface area contributed by atoms with Crippen LogP contribution in [0.25, 0.3) is 0 Å². The second-order valence-electron chi connectivity index (χ2n) is 9.07. The normalized spacial score (nSPS) is 15.5. The highest BCUT2D eigenvalue weighted by molar-refractivity contribution is 6.18. The molecule has 0 aliphatic carbocycles. The maximum atomic E-state index is 13.1. The van der Waals surface area contributed by atoms with Crippen LogP contribution in [0.15, 0.2) is 42.7 Å². The van der Waals surface area contributed by atoms with E-state index in [9.17, 15) is 27.6 Å². The fourth-order valence-electron chi connectivity index (χ4n) is 4.30. The van der Waals surface area contributed by atoms with Gasteiger partial charge in [-0.25, -0.2) is 0 Å². The summed E-state index contributed by atoms with van der Waals surface area (Å²) in [6.45, 7) is 5.35. The van der Waals surface area contributed by atoms with E-state index < -0.39 is 35.8 Å². The second kappa shape index (κ2) is 14.7. The average Bonchev–Trinajstić information content (AvgIpc) is 2.95. The summed E-state index contributed by atoms with van der Waals surface area (Å²) in [7, 11) is 0. The summed E-state index contributed by atoms with van der Waals surface area (Å²) in [5, 5.41) is 0. The number of nitrogens with zero attached hydrogens (tertiary/aromatic N) is 2. The van der Waals surface area contributed by atoms with Gasteiger partial charge in [-0.2, -0.15) is 0 Å². The van der Waals surface area contributed by atoms with Gasteiger partial charge in [-0.1, -0.05) is 12.1 Å². The zero-order chi connectivity index (χ0) is 30.8. The standard InChI is InChI=1S/C28H33F3N2O9/c1-4-37-24(34)27(25(35)38-5-2,26(36)39-6-3)14-23-17-33(11-12-40-23)20-13-22(16-32-15-20)41-18-19-7-9-21(10-8-19)42-28(29,30)31/h7-10,13,15-16,23H,4-6,11-12,14,17-18H2,1-3H3/t23-/m0/s1. The Morgan fingerprint density at radius 1 is 0.929 bits per heavy atom. The van der Waals surface area contributed by atoms with Crippen LogP contribution >= 0.6 is 0 Å². The van der Waals surface area contributed by atoms with E-state index in [0.717, 1.165) is 0 Å². The Morgan fingerprint density at radius 3 is 2.07 bits per heavy atom. The summed E-state index contributed by atoms with van der Waals surface area (Å²) in [6.07, 6.45) is -2.83. The van der Waals surface area contributed by atoms with Crippen LogP contribution in [0.2, 0.25) is 0 Å². The number of pyridine rings is 1. The summed E-state index contributed by atoms with van der Waals surface area (Å²) < 4.78 is 68.0. The van der Waals surface area contributed by atoms with Crippen molar-refractivity contribution in [3.8, 4) is 11.5 Å². The molecule has 230 valence electrons. The van der Waals surface area contributed by atoms with Crippen molar-refractivity contribution in [3.63, 3.8) is 0 Å². The number of rotatable bonds is 13. The molecule has 14 heteroatoms. The minimum atomic E-state index is -4.78. The van der Waals surface area contributed by atoms with E-state index >= 15 is 0 Å². The number of hydrogen-bond acceptors (Lipinski definition) is 11. The molecule has 42 heavy (non-hydrogen) atoms. The third kappa shape index (κ3) is 8.47. The Labute approximate surface area is 240 Å². The van der Waals surface area contributed by atoms with E-state index in [1.165, 1.54) is 30.5 Å². The number of hydrogen-bond donors (Lipinski definition) is 0. The Kier molecular flexibility index (Phi) is 11.4. The molecule has 0 bridgehead atoms. The Balaban J connectivity index is 1.73. The molecule has 0 N–H and O–H groups in total. The summed E-state index contributed by atoms with van der Waals surface area (Å²) in [5.41, 5.74) is -1.11. The van der Waals surface area contributed by atoms with E-state index in [-0.39, 0.29) is 51.7 Å². The van der Waals surface area contributed by atoms with Crippen LogP contribution in [-0.4, -0.2) is 74.9 Å². The third-order valence-electron chi connectivity index (χ3n) is 6.17. The van der Waals surface area contributed by atoms with Crippen molar-refractivity contribution < 1.29 is 56.0 Å². The van der Waals surface area contributed by atoms with Gasteiger partial charge in [0, 0.05) is 25.6 Å². The molecular weight excluding hydrogens is 565 g/mol. The number of anilines is 1. The maximum Gasteiger partial charge on any atom is 0.573 e. The van der Waals surface area contributed by atoms with Crippen molar-refractivity contribution in [2.45, 2.75) is 46.3 Å². The first-order chi connectivity index (χ1) is 20.0. The van der Waals surface area contributed by atoms with E-state index in [1.54, 1.807) is 33.0 Å². The van der Waals surface area contributed by atoms with Crippen LogP contribution in [0.4, 0.5) is 18.9 Å². The predicted octanol–water partition coefficient (Wildman–Crippen LogP) is 3.83. The van der Waals surface area contributed by atoms with Gasteiger partial charge in [0.1, 0.15) is 18.1 Å². The number of alkyl halides is 3. The Bertz CT molecular complexity index is 1160. The van der Waals surface area contributed by atoms with Crippen molar-refractivity contribution in [3.05, 3.63) is 48.3 Å². The van der Waals surface area contributed by atoms with Gasteiger partial charge in [0.2, 0.25) is 0 Å². The summed E-state index contributed by atoms with van der Waals surface area (Å²) in [5.74, 6) is -3.16. The van der Waals surface area contributed by atoms with Gasteiger partial charge in [-0.3, -0.25) is 19.4 Å². The number of morpholine rings is 1. The molecule has 11 nitrogen and oxygen atoms in total. The molecule has 3 rings (SSSR count). The van der Waals surface area contributed by atoms with Crippen LogP contribution in [0.5, 0.6) is 11.5 Å². The molecule has 0 radical (unpaired) electrons. The van der Waals surface area contributed by atoms with Crippen LogP contribution in [0.1, 0.15) is 32.8 Å². The lowest BCUT2D eigenvalue weighted by Crippen LogP contribution is -2.54. The molecule has 1 aromatic carbocycles. The van der Waals surface area contributed by atoms with E-state index in [0.29, 0.717) is 23.5 Å². The SMILES string of the molecule is CCOC(=O)C(C[C@H]1CN(c2cncc(OCc3ccc(OC(F)(F)F)cc3)c2)CCO1)(C(=O)OCC)C(=O)OCC. The fourth-order valence-corrected chi connectivity index (χ4v) is 4.30. The zero-order valence-corrected chi connectivity index (χ0v) is 23.5. The van der Waals surface area contributed by atoms with Crippen molar-refractivity contribution in [2.75, 3.05) is 44.4 Å². The molecule has 2 heterocycles. The molecule has 0 saturated carbocycles. The van der Waals surface area contributed by atoms with Crippen LogP contribution < -0.4 is 14.4 Å². The highest BCUT2D eigenvalue weighted by Gasteiger charge is 2.59. The Morgan fingerprint density at radius 2 is 1.52 bits per heavy atom. The molecule has 2 aromatic rings. The lowest BCUT2D eigenvalue weighted by molar-refractivity contribution is -0.274. The van der Waals surface area contributed by atoms with E-state index in [2.05, 4.69) is 9.72 Å². The largest absolute Gasteiger partial charge is 0.573 e. The number of carbonyl (C=O) groups is 3. The predicted molar refractivity (Wildman–Crippen MR) is 141 cm³/mol. The minimum absolute atomic E-state index is 0.0598. The van der Waals surface area contributed by atoms with Gasteiger partial charge in [-0.05, 0) is 38.5 Å². The fraction of sp³-hybridized carbons (Fsp3) is 0.500. The summed E-state index contributed by atoms with van der Waals surface area (Å²) >= 11 is 0. The van der Waals surface area contributed by atoms with Gasteiger partial charge in [0.15, 0.2) is 0 Å². The molecule has 1 aliphatic heterocycles. The molecule has 1 atom stereocenters.